The highest BCUT2D eigenvalue weighted by atomic mass is 16.5. The van der Waals surface area contributed by atoms with Crippen LogP contribution in [0.1, 0.15) is 91.8 Å². The molecule has 12 N–H and O–H groups in total. The molecule has 0 aliphatic carbocycles. The molecular weight excluding hydrogens is 997 g/mol. The average Bonchev–Trinajstić information content (AvgIpc) is 3.36. The standard InChI is InChI=1S/C54H76N10O13/c1-29(2)24-39-54(76)77-33(9)47(61-41(67)22-21-36-19-14-13-18-35(36)20-15-23-65)53(75)59-38(26-40(55)66)49(71)64-46(32(7)8)52(74)58-37(25-34-16-11-10-12-17-34)48(70)63-44(30(3)4)50(72)57-27-42(68)56-28-43(69)62-45(31(5)6)51(73)60-39/h10-22,29-33,37-39,44-47,65H,23-28H2,1-9H3,(H2,55,66)(H,56,68)(H,57,72)(H,58,74)(H,59,75)(H,60,73)(H,61,67)(H,62,69)(H,63,70)(H,64,71)/b20-15+,22-21+/t33-,37+,38-,39+,44-,45-,46-,47-/m1/s1. The summed E-state index contributed by atoms with van der Waals surface area (Å²) in [6, 6.07) is 5.12. The molecular formula is C54H76N10O13. The summed E-state index contributed by atoms with van der Waals surface area (Å²) in [7, 11) is 0. The minimum absolute atomic E-state index is 0.00622. The highest BCUT2D eigenvalue weighted by molar-refractivity contribution is 6.00. The van der Waals surface area contributed by atoms with Gasteiger partial charge in [0.2, 0.25) is 59.1 Å². The van der Waals surface area contributed by atoms with Crippen LogP contribution in [0.2, 0.25) is 0 Å². The summed E-state index contributed by atoms with van der Waals surface area (Å²) in [6.45, 7) is 13.0. The van der Waals surface area contributed by atoms with Crippen molar-refractivity contribution >= 4 is 77.2 Å². The van der Waals surface area contributed by atoms with Crippen LogP contribution in [0.15, 0.2) is 66.7 Å². The van der Waals surface area contributed by atoms with Gasteiger partial charge in [0.1, 0.15) is 48.4 Å². The van der Waals surface area contributed by atoms with Crippen LogP contribution in [-0.4, -0.2) is 138 Å². The van der Waals surface area contributed by atoms with Crippen LogP contribution < -0.4 is 53.6 Å². The van der Waals surface area contributed by atoms with Crippen molar-refractivity contribution in [3.63, 3.8) is 0 Å². The van der Waals surface area contributed by atoms with Gasteiger partial charge in [-0.3, -0.25) is 47.9 Å². The molecule has 1 fully saturated rings. The van der Waals surface area contributed by atoms with Crippen molar-refractivity contribution in [2.24, 2.45) is 29.4 Å². The van der Waals surface area contributed by atoms with Crippen LogP contribution in [0.4, 0.5) is 0 Å². The van der Waals surface area contributed by atoms with Crippen molar-refractivity contribution in [3.8, 4) is 0 Å². The number of primary amides is 1. The van der Waals surface area contributed by atoms with E-state index in [4.69, 9.17) is 10.5 Å². The van der Waals surface area contributed by atoms with Crippen LogP contribution >= 0.6 is 0 Å². The van der Waals surface area contributed by atoms with Gasteiger partial charge in [-0.1, -0.05) is 122 Å². The third-order valence-electron chi connectivity index (χ3n) is 12.1. The Morgan fingerprint density at radius 3 is 1.69 bits per heavy atom. The van der Waals surface area contributed by atoms with Crippen molar-refractivity contribution in [3.05, 3.63) is 83.4 Å². The number of aliphatic hydroxyl groups is 1. The number of benzene rings is 2. The zero-order valence-corrected chi connectivity index (χ0v) is 45.1. The van der Waals surface area contributed by atoms with Crippen LogP contribution in [-0.2, 0) is 63.9 Å². The molecule has 3 rings (SSSR count). The normalized spacial score (nSPS) is 23.7. The second-order valence-corrected chi connectivity index (χ2v) is 20.1. The Morgan fingerprint density at radius 1 is 0.623 bits per heavy atom. The lowest BCUT2D eigenvalue weighted by Crippen LogP contribution is -2.62. The summed E-state index contributed by atoms with van der Waals surface area (Å²) in [5, 5.41) is 32.1. The van der Waals surface area contributed by atoms with E-state index >= 15 is 0 Å². The number of hydrogen-bond donors (Lipinski definition) is 11. The van der Waals surface area contributed by atoms with E-state index in [1.165, 1.54) is 19.1 Å². The van der Waals surface area contributed by atoms with E-state index in [-0.39, 0.29) is 25.4 Å². The van der Waals surface area contributed by atoms with E-state index in [0.717, 1.165) is 6.08 Å². The minimum Gasteiger partial charge on any atom is -0.458 e. The van der Waals surface area contributed by atoms with Crippen molar-refractivity contribution in [2.75, 3.05) is 19.7 Å². The van der Waals surface area contributed by atoms with Gasteiger partial charge in [0.15, 0.2) is 0 Å². The Morgan fingerprint density at radius 2 is 1.13 bits per heavy atom. The third-order valence-corrected chi connectivity index (χ3v) is 12.1. The zero-order chi connectivity index (χ0) is 57.5. The predicted octanol–water partition coefficient (Wildman–Crippen LogP) is -0.591. The zero-order valence-electron chi connectivity index (χ0n) is 45.1. The first-order valence-electron chi connectivity index (χ1n) is 25.5. The van der Waals surface area contributed by atoms with Gasteiger partial charge in [-0.25, -0.2) is 4.79 Å². The van der Waals surface area contributed by atoms with E-state index < -0.39 is 151 Å². The molecule has 0 unspecified atom stereocenters. The Labute approximate surface area is 448 Å². The lowest BCUT2D eigenvalue weighted by molar-refractivity contribution is -0.156. The molecule has 23 heteroatoms. The minimum atomic E-state index is -1.82. The number of amides is 10. The number of hydrogen-bond acceptors (Lipinski definition) is 13. The third kappa shape index (κ3) is 21.3. The number of ether oxygens (including phenoxy) is 1. The maximum atomic E-state index is 14.5. The molecule has 23 nitrogen and oxygen atoms in total. The summed E-state index contributed by atoms with van der Waals surface area (Å²) in [5.41, 5.74) is 7.35. The van der Waals surface area contributed by atoms with Crippen LogP contribution in [0.25, 0.3) is 12.2 Å². The molecule has 2 aromatic rings. The van der Waals surface area contributed by atoms with E-state index in [1.54, 1.807) is 116 Å². The maximum absolute atomic E-state index is 14.5. The molecule has 0 radical (unpaired) electrons. The predicted molar refractivity (Wildman–Crippen MR) is 285 cm³/mol. The number of rotatable bonds is 14. The number of aliphatic hydroxyl groups excluding tert-OH is 1. The lowest BCUT2D eigenvalue weighted by atomic mass is 9.99. The maximum Gasteiger partial charge on any atom is 0.328 e. The van der Waals surface area contributed by atoms with Crippen LogP contribution in [0.3, 0.4) is 0 Å². The molecule has 0 bridgehead atoms. The molecule has 10 amide bonds. The molecule has 0 saturated carbocycles. The van der Waals surface area contributed by atoms with Crippen molar-refractivity contribution in [1.29, 1.82) is 0 Å². The first-order chi connectivity index (χ1) is 36.3. The Kier molecular flexibility index (Phi) is 25.7. The Bertz CT molecular complexity index is 2480. The molecule has 2 aromatic carbocycles. The van der Waals surface area contributed by atoms with E-state index in [2.05, 4.69) is 47.9 Å². The van der Waals surface area contributed by atoms with Crippen LogP contribution in [0.5, 0.6) is 0 Å². The summed E-state index contributed by atoms with van der Waals surface area (Å²) >= 11 is 0. The largest absolute Gasteiger partial charge is 0.458 e. The van der Waals surface area contributed by atoms with Gasteiger partial charge < -0.3 is 63.4 Å². The second-order valence-electron chi connectivity index (χ2n) is 20.1. The van der Waals surface area contributed by atoms with E-state index in [1.807, 2.05) is 0 Å². The molecule has 77 heavy (non-hydrogen) atoms. The summed E-state index contributed by atoms with van der Waals surface area (Å²) in [4.78, 5) is 151. The summed E-state index contributed by atoms with van der Waals surface area (Å²) in [5.74, 6) is -12.2. The fourth-order valence-electron chi connectivity index (χ4n) is 7.89. The average molecular weight is 1070 g/mol. The van der Waals surface area contributed by atoms with Gasteiger partial charge >= 0.3 is 5.97 Å². The number of cyclic esters (lactones) is 1. The van der Waals surface area contributed by atoms with Gasteiger partial charge in [-0.2, -0.15) is 0 Å². The number of nitrogens with two attached hydrogens (primary N) is 1. The fourth-order valence-corrected chi connectivity index (χ4v) is 7.89. The number of nitrogens with one attached hydrogen (secondary N) is 9. The molecule has 8 atom stereocenters. The van der Waals surface area contributed by atoms with Gasteiger partial charge in [0.25, 0.3) is 0 Å². The molecule has 0 spiro atoms. The SMILES string of the molecule is CC(C)C[C@@H]1NC(=O)[C@@H](C(C)C)NC(=O)CNC(=O)CNC(=O)[C@@H](C(C)C)NC(=O)[C@H](Cc2ccccc2)NC(=O)[C@@H](C(C)C)NC(=O)[C@@H](CC(N)=O)NC(=O)[C@H](NC(=O)/C=C/c2ccccc2/C=C/CO)[C@@H](C)OC1=O. The smallest absolute Gasteiger partial charge is 0.328 e. The van der Waals surface area contributed by atoms with E-state index in [9.17, 15) is 57.8 Å². The van der Waals surface area contributed by atoms with Crippen LogP contribution in [0, 0.1) is 23.7 Å². The molecule has 420 valence electrons. The van der Waals surface area contributed by atoms with Crippen molar-refractivity contribution < 1.29 is 62.6 Å². The molecule has 1 saturated heterocycles. The molecule has 1 heterocycles. The Balaban J connectivity index is 2.17. The number of carbonyl (C=O) groups is 11. The highest BCUT2D eigenvalue weighted by Gasteiger charge is 2.38. The first kappa shape index (κ1) is 63.3. The van der Waals surface area contributed by atoms with Crippen molar-refractivity contribution in [1.82, 2.24) is 47.9 Å². The summed E-state index contributed by atoms with van der Waals surface area (Å²) < 4.78 is 5.80. The quantitative estimate of drug-likeness (QED) is 0.0834. The molecule has 1 aliphatic rings. The first-order valence-corrected chi connectivity index (χ1v) is 25.5. The highest BCUT2D eigenvalue weighted by Crippen LogP contribution is 2.16. The monoisotopic (exact) mass is 1070 g/mol. The number of carbonyl (C=O) groups excluding carboxylic acids is 11. The van der Waals surface area contributed by atoms with Gasteiger partial charge in [-0.05, 0) is 59.8 Å². The van der Waals surface area contributed by atoms with Gasteiger partial charge in [0.05, 0.1) is 26.1 Å². The topological polar surface area (TPSA) is 352 Å². The Hall–Kier alpha value is -7.95. The molecule has 0 aromatic heterocycles. The van der Waals surface area contributed by atoms with Gasteiger partial charge in [-0.15, -0.1) is 0 Å². The second kappa shape index (κ2) is 31.2. The summed E-state index contributed by atoms with van der Waals surface area (Å²) in [6.07, 6.45) is 3.13. The number of esters is 1. The van der Waals surface area contributed by atoms with E-state index in [0.29, 0.717) is 16.7 Å². The molecule has 1 aliphatic heterocycles. The van der Waals surface area contributed by atoms with Crippen molar-refractivity contribution in [2.45, 2.75) is 130 Å². The fraction of sp³-hybridized carbons (Fsp3) is 0.500. The van der Waals surface area contributed by atoms with Gasteiger partial charge in [0, 0.05) is 12.5 Å². The lowest BCUT2D eigenvalue weighted by Gasteiger charge is -2.30.